The van der Waals surface area contributed by atoms with Crippen molar-refractivity contribution in [3.8, 4) is 0 Å². The lowest BCUT2D eigenvalue weighted by Gasteiger charge is -2.29. The Morgan fingerprint density at radius 3 is 2.62 bits per heavy atom. The number of nitrogens with two attached hydrogens (primary N) is 1. The highest BCUT2D eigenvalue weighted by Crippen LogP contribution is 2.10. The summed E-state index contributed by atoms with van der Waals surface area (Å²) in [7, 11) is 0. The molecule has 0 bridgehead atoms. The van der Waals surface area contributed by atoms with Crippen LogP contribution in [-0.4, -0.2) is 39.9 Å². The number of rotatable bonds is 1. The van der Waals surface area contributed by atoms with E-state index in [-0.39, 0.29) is 24.4 Å². The van der Waals surface area contributed by atoms with Crippen LogP contribution in [0, 0.1) is 0 Å². The van der Waals surface area contributed by atoms with Crippen molar-refractivity contribution in [3.05, 3.63) is 24.3 Å². The number of hydrogen-bond acceptors (Lipinski definition) is 4. The summed E-state index contributed by atoms with van der Waals surface area (Å²) >= 11 is 0. The van der Waals surface area contributed by atoms with E-state index in [0.29, 0.717) is 5.69 Å². The summed E-state index contributed by atoms with van der Waals surface area (Å²) in [6.07, 6.45) is 6.32. The minimum absolute atomic E-state index is 0. The van der Waals surface area contributed by atoms with Gasteiger partial charge in [0.05, 0.1) is 6.20 Å². The molecule has 0 spiro atoms. The van der Waals surface area contributed by atoms with Crippen LogP contribution in [0.15, 0.2) is 18.6 Å². The van der Waals surface area contributed by atoms with E-state index in [2.05, 4.69) is 9.97 Å². The minimum Gasteiger partial charge on any atom is -0.337 e. The van der Waals surface area contributed by atoms with E-state index in [1.54, 1.807) is 11.1 Å². The molecule has 88 valence electrons. The van der Waals surface area contributed by atoms with Gasteiger partial charge in [-0.2, -0.15) is 0 Å². The Hall–Kier alpha value is -1.20. The second kappa shape index (κ2) is 5.77. The van der Waals surface area contributed by atoms with Gasteiger partial charge >= 0.3 is 0 Å². The van der Waals surface area contributed by atoms with Crippen LogP contribution < -0.4 is 5.73 Å². The molecular formula is C10H15ClN4O. The number of aromatic nitrogens is 2. The molecule has 16 heavy (non-hydrogen) atoms. The highest BCUT2D eigenvalue weighted by atomic mass is 35.5. The largest absolute Gasteiger partial charge is 0.337 e. The fourth-order valence-corrected chi connectivity index (χ4v) is 1.67. The van der Waals surface area contributed by atoms with Gasteiger partial charge in [0.15, 0.2) is 0 Å². The number of likely N-dealkylation sites (tertiary alicyclic amines) is 1. The highest BCUT2D eigenvalue weighted by molar-refractivity contribution is 5.92. The van der Waals surface area contributed by atoms with E-state index < -0.39 is 0 Å². The molecule has 0 aliphatic carbocycles. The summed E-state index contributed by atoms with van der Waals surface area (Å²) in [5, 5.41) is 0. The first-order valence-corrected chi connectivity index (χ1v) is 5.08. The van der Waals surface area contributed by atoms with Gasteiger partial charge in [0.1, 0.15) is 5.69 Å². The SMILES string of the molecule is Cl.NC1CCN(C(=O)c2cnccn2)CC1. The summed E-state index contributed by atoms with van der Waals surface area (Å²) in [4.78, 5) is 21.5. The van der Waals surface area contributed by atoms with E-state index in [4.69, 9.17) is 5.73 Å². The van der Waals surface area contributed by atoms with Crippen LogP contribution in [0.1, 0.15) is 23.3 Å². The first-order chi connectivity index (χ1) is 7.27. The first kappa shape index (κ1) is 12.9. The molecule has 2 N–H and O–H groups in total. The van der Waals surface area contributed by atoms with Gasteiger partial charge in [-0.3, -0.25) is 9.78 Å². The van der Waals surface area contributed by atoms with Crippen molar-refractivity contribution >= 4 is 18.3 Å². The number of carbonyl (C=O) groups excluding carboxylic acids is 1. The van der Waals surface area contributed by atoms with Crippen molar-refractivity contribution in [2.24, 2.45) is 5.73 Å². The zero-order valence-electron chi connectivity index (χ0n) is 8.87. The molecule has 2 rings (SSSR count). The Morgan fingerprint density at radius 2 is 2.06 bits per heavy atom. The summed E-state index contributed by atoms with van der Waals surface area (Å²) in [6, 6.07) is 0.232. The van der Waals surface area contributed by atoms with Crippen molar-refractivity contribution in [1.82, 2.24) is 14.9 Å². The monoisotopic (exact) mass is 242 g/mol. The molecule has 0 atom stereocenters. The number of piperidine rings is 1. The molecule has 0 radical (unpaired) electrons. The van der Waals surface area contributed by atoms with Gasteiger partial charge in [-0.05, 0) is 12.8 Å². The molecule has 6 heteroatoms. The van der Waals surface area contributed by atoms with E-state index >= 15 is 0 Å². The van der Waals surface area contributed by atoms with E-state index in [1.165, 1.54) is 12.4 Å². The average Bonchev–Trinajstić information content (AvgIpc) is 2.30. The van der Waals surface area contributed by atoms with Crippen molar-refractivity contribution in [1.29, 1.82) is 0 Å². The summed E-state index contributed by atoms with van der Waals surface area (Å²) in [5.74, 6) is -0.0463. The number of nitrogens with zero attached hydrogens (tertiary/aromatic N) is 3. The normalized spacial score (nSPS) is 16.7. The molecule has 5 nitrogen and oxygen atoms in total. The zero-order valence-corrected chi connectivity index (χ0v) is 9.69. The minimum atomic E-state index is -0.0463. The third kappa shape index (κ3) is 2.90. The summed E-state index contributed by atoms with van der Waals surface area (Å²) in [5.41, 5.74) is 6.18. The van der Waals surface area contributed by atoms with Crippen molar-refractivity contribution < 1.29 is 4.79 Å². The molecule has 1 fully saturated rings. The quantitative estimate of drug-likeness (QED) is 0.777. The predicted octanol–water partition coefficient (Wildman–Crippen LogP) is 0.462. The highest BCUT2D eigenvalue weighted by Gasteiger charge is 2.22. The Kier molecular flexibility index (Phi) is 4.64. The van der Waals surface area contributed by atoms with Gasteiger partial charge < -0.3 is 10.6 Å². The van der Waals surface area contributed by atoms with Crippen LogP contribution >= 0.6 is 12.4 Å². The smallest absolute Gasteiger partial charge is 0.274 e. The van der Waals surface area contributed by atoms with Gasteiger partial charge in [0, 0.05) is 31.5 Å². The van der Waals surface area contributed by atoms with Crippen LogP contribution in [0.2, 0.25) is 0 Å². The molecule has 1 aromatic rings. The van der Waals surface area contributed by atoms with Crippen molar-refractivity contribution in [3.63, 3.8) is 0 Å². The van der Waals surface area contributed by atoms with Crippen LogP contribution in [0.3, 0.4) is 0 Å². The lowest BCUT2D eigenvalue weighted by molar-refractivity contribution is 0.0708. The van der Waals surface area contributed by atoms with Gasteiger partial charge in [-0.15, -0.1) is 12.4 Å². The van der Waals surface area contributed by atoms with Crippen LogP contribution in [-0.2, 0) is 0 Å². The summed E-state index contributed by atoms with van der Waals surface area (Å²) in [6.45, 7) is 1.44. The Bertz CT molecular complexity index is 338. The number of carbonyl (C=O) groups is 1. The fourth-order valence-electron chi connectivity index (χ4n) is 1.67. The van der Waals surface area contributed by atoms with E-state index in [9.17, 15) is 4.79 Å². The molecule has 2 heterocycles. The molecule has 1 aromatic heterocycles. The number of amides is 1. The first-order valence-electron chi connectivity index (χ1n) is 5.08. The zero-order chi connectivity index (χ0) is 10.7. The third-order valence-corrected chi connectivity index (χ3v) is 2.61. The lowest BCUT2D eigenvalue weighted by Crippen LogP contribution is -2.43. The van der Waals surface area contributed by atoms with Gasteiger partial charge in [0.25, 0.3) is 5.91 Å². The maximum Gasteiger partial charge on any atom is 0.274 e. The molecule has 0 saturated carbocycles. The number of halogens is 1. The molecule has 0 aromatic carbocycles. The van der Waals surface area contributed by atoms with Gasteiger partial charge in [-0.1, -0.05) is 0 Å². The Morgan fingerprint density at radius 1 is 1.38 bits per heavy atom. The van der Waals surface area contributed by atoms with Gasteiger partial charge in [0.2, 0.25) is 0 Å². The van der Waals surface area contributed by atoms with Crippen molar-refractivity contribution in [2.75, 3.05) is 13.1 Å². The van der Waals surface area contributed by atoms with E-state index in [1.807, 2.05) is 0 Å². The molecule has 1 aliphatic rings. The van der Waals surface area contributed by atoms with Crippen LogP contribution in [0.4, 0.5) is 0 Å². The number of hydrogen-bond donors (Lipinski definition) is 1. The Labute approximate surface area is 100 Å². The maximum absolute atomic E-state index is 11.9. The topological polar surface area (TPSA) is 72.1 Å². The maximum atomic E-state index is 11.9. The average molecular weight is 243 g/mol. The molecular weight excluding hydrogens is 228 g/mol. The molecule has 1 aliphatic heterocycles. The third-order valence-electron chi connectivity index (χ3n) is 2.61. The van der Waals surface area contributed by atoms with Crippen LogP contribution in [0.5, 0.6) is 0 Å². The molecule has 0 unspecified atom stereocenters. The standard InChI is InChI=1S/C10H14N4O.ClH/c11-8-1-5-14(6-2-8)10(15)9-7-12-3-4-13-9;/h3-4,7-8H,1-2,5-6,11H2;1H. The second-order valence-electron chi connectivity index (χ2n) is 3.72. The predicted molar refractivity (Wildman–Crippen MR) is 62.4 cm³/mol. The van der Waals surface area contributed by atoms with Gasteiger partial charge in [-0.25, -0.2) is 4.98 Å². The lowest BCUT2D eigenvalue weighted by atomic mass is 10.1. The van der Waals surface area contributed by atoms with Crippen LogP contribution in [0.25, 0.3) is 0 Å². The fraction of sp³-hybridized carbons (Fsp3) is 0.500. The Balaban J connectivity index is 0.00000128. The second-order valence-corrected chi connectivity index (χ2v) is 3.72. The molecule has 1 amide bonds. The van der Waals surface area contributed by atoms with E-state index in [0.717, 1.165) is 25.9 Å². The molecule has 1 saturated heterocycles. The van der Waals surface area contributed by atoms with Crippen molar-refractivity contribution in [2.45, 2.75) is 18.9 Å². The summed E-state index contributed by atoms with van der Waals surface area (Å²) < 4.78 is 0.